The number of fused-ring (bicyclic) bond motifs is 1. The van der Waals surface area contributed by atoms with E-state index >= 15 is 0 Å². The quantitative estimate of drug-likeness (QED) is 0.742. The number of nitrogens with one attached hydrogen (secondary N) is 1. The second-order valence-electron chi connectivity index (χ2n) is 6.18. The van der Waals surface area contributed by atoms with Crippen LogP contribution in [0.4, 0.5) is 10.5 Å². The van der Waals surface area contributed by atoms with Crippen LogP contribution < -0.4 is 10.2 Å². The number of rotatable bonds is 3. The first-order valence-corrected chi connectivity index (χ1v) is 8.28. The molecule has 1 saturated heterocycles. The van der Waals surface area contributed by atoms with Crippen LogP contribution in [0.2, 0.25) is 0 Å². The molecule has 1 fully saturated rings. The standard InChI is InChI=1S/C21H15N3O2/c22-13-14-5-3-9-17(11-14)24-20(25)19(23-21(24)26)12-16-8-4-7-15-6-1-2-10-18(15)16/h1-11,19H,12H2,(H,23,26). The summed E-state index contributed by atoms with van der Waals surface area (Å²) in [5, 5.41) is 14.0. The number of nitrogens with zero attached hydrogens (tertiary/aromatic N) is 2. The Morgan fingerprint density at radius 2 is 1.77 bits per heavy atom. The molecule has 5 heteroatoms. The van der Waals surface area contributed by atoms with Crippen LogP contribution in [0.3, 0.4) is 0 Å². The van der Waals surface area contributed by atoms with Gasteiger partial charge in [0.1, 0.15) is 6.04 Å². The van der Waals surface area contributed by atoms with E-state index in [1.54, 1.807) is 18.2 Å². The van der Waals surface area contributed by atoms with Gasteiger partial charge in [-0.1, -0.05) is 48.5 Å². The van der Waals surface area contributed by atoms with E-state index in [9.17, 15) is 9.59 Å². The Morgan fingerprint density at radius 1 is 1.00 bits per heavy atom. The first kappa shape index (κ1) is 15.9. The van der Waals surface area contributed by atoms with Crippen LogP contribution in [0.1, 0.15) is 11.1 Å². The summed E-state index contributed by atoms with van der Waals surface area (Å²) in [4.78, 5) is 26.3. The van der Waals surface area contributed by atoms with Gasteiger partial charge in [0.15, 0.2) is 0 Å². The molecule has 0 spiro atoms. The van der Waals surface area contributed by atoms with Crippen molar-refractivity contribution in [1.82, 2.24) is 5.32 Å². The minimum atomic E-state index is -0.626. The maximum absolute atomic E-state index is 12.8. The van der Waals surface area contributed by atoms with E-state index < -0.39 is 12.1 Å². The molecule has 5 nitrogen and oxygen atoms in total. The van der Waals surface area contributed by atoms with E-state index in [1.165, 1.54) is 6.07 Å². The van der Waals surface area contributed by atoms with Gasteiger partial charge in [0, 0.05) is 6.42 Å². The number of hydrogen-bond donors (Lipinski definition) is 1. The average Bonchev–Trinajstić information content (AvgIpc) is 2.95. The molecular weight excluding hydrogens is 326 g/mol. The molecule has 1 N–H and O–H groups in total. The Hall–Kier alpha value is -3.65. The molecule has 0 bridgehead atoms. The van der Waals surface area contributed by atoms with Gasteiger partial charge >= 0.3 is 6.03 Å². The number of amides is 3. The van der Waals surface area contributed by atoms with E-state index in [-0.39, 0.29) is 5.91 Å². The predicted molar refractivity (Wildman–Crippen MR) is 98.6 cm³/mol. The lowest BCUT2D eigenvalue weighted by molar-refractivity contribution is -0.118. The van der Waals surface area contributed by atoms with E-state index in [1.807, 2.05) is 48.5 Å². The summed E-state index contributed by atoms with van der Waals surface area (Å²) >= 11 is 0. The zero-order valence-corrected chi connectivity index (χ0v) is 13.8. The molecule has 0 saturated carbocycles. The summed E-state index contributed by atoms with van der Waals surface area (Å²) in [5.74, 6) is -0.307. The summed E-state index contributed by atoms with van der Waals surface area (Å²) < 4.78 is 0. The summed E-state index contributed by atoms with van der Waals surface area (Å²) in [7, 11) is 0. The van der Waals surface area contributed by atoms with Gasteiger partial charge in [-0.25, -0.2) is 9.69 Å². The van der Waals surface area contributed by atoms with Crippen molar-refractivity contribution in [2.24, 2.45) is 0 Å². The zero-order chi connectivity index (χ0) is 18.1. The number of benzene rings is 3. The van der Waals surface area contributed by atoms with Crippen LogP contribution in [0, 0.1) is 11.3 Å². The van der Waals surface area contributed by atoms with Crippen molar-refractivity contribution in [1.29, 1.82) is 5.26 Å². The third-order valence-electron chi connectivity index (χ3n) is 4.56. The first-order valence-electron chi connectivity index (χ1n) is 8.28. The normalized spacial score (nSPS) is 16.6. The maximum atomic E-state index is 12.8. The van der Waals surface area contributed by atoms with Gasteiger partial charge in [-0.15, -0.1) is 0 Å². The monoisotopic (exact) mass is 341 g/mol. The number of hydrogen-bond acceptors (Lipinski definition) is 3. The summed E-state index contributed by atoms with van der Waals surface area (Å²) in [6.45, 7) is 0. The summed E-state index contributed by atoms with van der Waals surface area (Å²) in [6, 6.07) is 21.3. The molecule has 1 heterocycles. The summed E-state index contributed by atoms with van der Waals surface area (Å²) in [6.07, 6.45) is 0.417. The van der Waals surface area contributed by atoms with Crippen molar-refractivity contribution in [2.75, 3.05) is 4.90 Å². The van der Waals surface area contributed by atoms with Gasteiger partial charge in [0.25, 0.3) is 5.91 Å². The Bertz CT molecular complexity index is 1060. The zero-order valence-electron chi connectivity index (χ0n) is 13.8. The lowest BCUT2D eigenvalue weighted by Crippen LogP contribution is -2.32. The molecule has 3 aromatic carbocycles. The highest BCUT2D eigenvalue weighted by Gasteiger charge is 2.39. The third kappa shape index (κ3) is 2.68. The molecule has 26 heavy (non-hydrogen) atoms. The van der Waals surface area contributed by atoms with Crippen molar-refractivity contribution in [2.45, 2.75) is 12.5 Å². The number of imide groups is 1. The van der Waals surface area contributed by atoms with Crippen LogP contribution >= 0.6 is 0 Å². The summed E-state index contributed by atoms with van der Waals surface area (Å²) in [5.41, 5.74) is 1.82. The average molecular weight is 341 g/mol. The van der Waals surface area contributed by atoms with Crippen molar-refractivity contribution in [3.8, 4) is 6.07 Å². The highest BCUT2D eigenvalue weighted by Crippen LogP contribution is 2.24. The SMILES string of the molecule is N#Cc1cccc(N2C(=O)NC(Cc3cccc4ccccc34)C2=O)c1. The number of carbonyl (C=O) groups excluding carboxylic acids is 2. The fraction of sp³-hybridized carbons (Fsp3) is 0.0952. The van der Waals surface area contributed by atoms with Gasteiger partial charge in [-0.3, -0.25) is 4.79 Å². The van der Waals surface area contributed by atoms with Gasteiger partial charge in [0.05, 0.1) is 17.3 Å². The van der Waals surface area contributed by atoms with Gasteiger partial charge in [-0.2, -0.15) is 5.26 Å². The molecule has 126 valence electrons. The van der Waals surface area contributed by atoms with Crippen LogP contribution in [-0.2, 0) is 11.2 Å². The molecule has 0 aromatic heterocycles. The van der Waals surface area contributed by atoms with Gasteiger partial charge in [-0.05, 0) is 34.5 Å². The molecule has 1 aliphatic heterocycles. The number of nitriles is 1. The van der Waals surface area contributed by atoms with Crippen molar-refractivity contribution in [3.05, 3.63) is 77.9 Å². The van der Waals surface area contributed by atoms with E-state index in [0.29, 0.717) is 17.7 Å². The van der Waals surface area contributed by atoms with Crippen LogP contribution in [0.25, 0.3) is 10.8 Å². The second-order valence-corrected chi connectivity index (χ2v) is 6.18. The molecule has 3 amide bonds. The lowest BCUT2D eigenvalue weighted by Gasteiger charge is -2.14. The molecule has 4 rings (SSSR count). The third-order valence-corrected chi connectivity index (χ3v) is 4.56. The fourth-order valence-electron chi connectivity index (χ4n) is 3.32. The smallest absolute Gasteiger partial charge is 0.325 e. The predicted octanol–water partition coefficient (Wildman–Crippen LogP) is 3.38. The Labute approximate surface area is 150 Å². The first-order chi connectivity index (χ1) is 12.7. The molecule has 3 aromatic rings. The lowest BCUT2D eigenvalue weighted by atomic mass is 9.99. The van der Waals surface area contributed by atoms with Crippen molar-refractivity contribution >= 4 is 28.4 Å². The molecule has 0 radical (unpaired) electrons. The number of anilines is 1. The van der Waals surface area contributed by atoms with Gasteiger partial charge in [0.2, 0.25) is 0 Å². The molecule has 1 aliphatic rings. The molecule has 1 unspecified atom stereocenters. The molecule has 1 atom stereocenters. The van der Waals surface area contributed by atoms with Crippen LogP contribution in [0.15, 0.2) is 66.7 Å². The van der Waals surface area contributed by atoms with Crippen molar-refractivity contribution in [3.63, 3.8) is 0 Å². The minimum absolute atomic E-state index is 0.307. The molecular formula is C21H15N3O2. The number of carbonyl (C=O) groups is 2. The Kier molecular flexibility index (Phi) is 3.86. The largest absolute Gasteiger partial charge is 0.329 e. The van der Waals surface area contributed by atoms with Crippen molar-refractivity contribution < 1.29 is 9.59 Å². The van der Waals surface area contributed by atoms with Crippen LogP contribution in [-0.4, -0.2) is 18.0 Å². The highest BCUT2D eigenvalue weighted by atomic mass is 16.2. The minimum Gasteiger partial charge on any atom is -0.325 e. The van der Waals surface area contributed by atoms with E-state index in [2.05, 4.69) is 5.32 Å². The van der Waals surface area contributed by atoms with E-state index in [4.69, 9.17) is 5.26 Å². The van der Waals surface area contributed by atoms with Crippen LogP contribution in [0.5, 0.6) is 0 Å². The highest BCUT2D eigenvalue weighted by molar-refractivity contribution is 6.21. The van der Waals surface area contributed by atoms with Gasteiger partial charge < -0.3 is 5.32 Å². The Balaban J connectivity index is 1.64. The van der Waals surface area contributed by atoms with E-state index in [0.717, 1.165) is 21.2 Å². The topological polar surface area (TPSA) is 73.2 Å². The Morgan fingerprint density at radius 3 is 2.62 bits per heavy atom. The maximum Gasteiger partial charge on any atom is 0.329 e. The second kappa shape index (κ2) is 6.34. The number of urea groups is 1. The fourth-order valence-corrected chi connectivity index (χ4v) is 3.32. The molecule has 0 aliphatic carbocycles.